The van der Waals surface area contributed by atoms with Gasteiger partial charge in [0.25, 0.3) is 0 Å². The molecule has 1 heterocycles. The van der Waals surface area contributed by atoms with Gasteiger partial charge in [0, 0.05) is 11.7 Å². The molecule has 0 saturated carbocycles. The maximum absolute atomic E-state index is 12.9. The summed E-state index contributed by atoms with van der Waals surface area (Å²) >= 11 is 1.72. The number of thioether (sulfide) groups is 1. The predicted molar refractivity (Wildman–Crippen MR) is 131 cm³/mol. The van der Waals surface area contributed by atoms with Gasteiger partial charge in [-0.25, -0.2) is 4.79 Å². The Morgan fingerprint density at radius 3 is 2.25 bits per heavy atom. The molecule has 2 atom stereocenters. The Balaban J connectivity index is 1.29. The number of alkyl carbamates (subject to hydrolysis) is 1. The van der Waals surface area contributed by atoms with E-state index in [1.807, 2.05) is 30.3 Å². The summed E-state index contributed by atoms with van der Waals surface area (Å²) in [5, 5.41) is 4.07. The van der Waals surface area contributed by atoms with Crippen molar-refractivity contribution in [1.29, 1.82) is 0 Å². The van der Waals surface area contributed by atoms with Crippen LogP contribution in [-0.4, -0.2) is 35.6 Å². The van der Waals surface area contributed by atoms with Crippen LogP contribution >= 0.6 is 11.8 Å². The van der Waals surface area contributed by atoms with Crippen molar-refractivity contribution in [1.82, 2.24) is 5.32 Å². The minimum absolute atomic E-state index is 0.0546. The van der Waals surface area contributed by atoms with E-state index >= 15 is 0 Å². The minimum Gasteiger partial charge on any atom is -0.449 e. The first kappa shape index (κ1) is 20.8. The lowest BCUT2D eigenvalue weighted by atomic mass is 9.98. The average molecular weight is 443 g/mol. The molecule has 3 aromatic carbocycles. The van der Waals surface area contributed by atoms with Crippen molar-refractivity contribution in [2.45, 2.75) is 31.3 Å². The zero-order valence-electron chi connectivity index (χ0n) is 18.0. The van der Waals surface area contributed by atoms with E-state index in [4.69, 9.17) is 9.73 Å². The molecular formula is C27H26N2O2S. The Bertz CT molecular complexity index is 1100. The zero-order valence-corrected chi connectivity index (χ0v) is 18.8. The summed E-state index contributed by atoms with van der Waals surface area (Å²) in [5.74, 6) is 1.01. The normalized spacial score (nSPS) is 17.9. The summed E-state index contributed by atoms with van der Waals surface area (Å²) in [4.78, 5) is 17.6. The van der Waals surface area contributed by atoms with Crippen LogP contribution in [0.25, 0.3) is 11.1 Å². The molecule has 4 nitrogen and oxygen atoms in total. The molecule has 0 fully saturated rings. The molecule has 0 spiro atoms. The molecule has 0 radical (unpaired) electrons. The molecule has 5 rings (SSSR count). The number of amides is 1. The van der Waals surface area contributed by atoms with Gasteiger partial charge in [-0.2, -0.15) is 0 Å². The largest absolute Gasteiger partial charge is 0.449 e. The lowest BCUT2D eigenvalue weighted by molar-refractivity contribution is 0.141. The third-order valence-corrected chi connectivity index (χ3v) is 7.37. The molecule has 1 N–H and O–H groups in total. The smallest absolute Gasteiger partial charge is 0.407 e. The summed E-state index contributed by atoms with van der Waals surface area (Å²) in [6.07, 6.45) is 0.305. The Morgan fingerprint density at radius 2 is 1.62 bits per heavy atom. The summed E-state index contributed by atoms with van der Waals surface area (Å²) in [6.45, 7) is 2.42. The zero-order chi connectivity index (χ0) is 21.9. The molecular weight excluding hydrogens is 416 g/mol. The van der Waals surface area contributed by atoms with Crippen molar-refractivity contribution in [2.24, 2.45) is 4.99 Å². The highest BCUT2D eigenvalue weighted by atomic mass is 32.2. The van der Waals surface area contributed by atoms with Gasteiger partial charge in [-0.15, -0.1) is 11.8 Å². The number of hydrogen-bond acceptors (Lipinski definition) is 4. The molecule has 0 aromatic heterocycles. The second-order valence-corrected chi connectivity index (χ2v) is 9.38. The molecule has 0 bridgehead atoms. The molecule has 2 aliphatic rings. The third kappa shape index (κ3) is 4.30. The summed E-state index contributed by atoms with van der Waals surface area (Å²) in [7, 11) is 0. The van der Waals surface area contributed by atoms with Gasteiger partial charge in [0.1, 0.15) is 6.61 Å². The van der Waals surface area contributed by atoms with Crippen LogP contribution in [0.1, 0.15) is 29.5 Å². The first-order chi connectivity index (χ1) is 15.7. The number of benzene rings is 3. The number of ether oxygens (including phenoxy) is 1. The second kappa shape index (κ2) is 9.21. The lowest BCUT2D eigenvalue weighted by Gasteiger charge is -2.20. The number of hydrogen-bond donors (Lipinski definition) is 1. The number of aliphatic imine (C=N–C) groups is 1. The molecule has 0 saturated heterocycles. The predicted octanol–water partition coefficient (Wildman–Crippen LogP) is 5.67. The fourth-order valence-corrected chi connectivity index (χ4v) is 5.60. The molecule has 162 valence electrons. The topological polar surface area (TPSA) is 50.7 Å². The quantitative estimate of drug-likeness (QED) is 0.535. The van der Waals surface area contributed by atoms with E-state index in [1.54, 1.807) is 11.8 Å². The van der Waals surface area contributed by atoms with Crippen molar-refractivity contribution in [3.63, 3.8) is 0 Å². The van der Waals surface area contributed by atoms with Crippen LogP contribution < -0.4 is 5.32 Å². The van der Waals surface area contributed by atoms with Gasteiger partial charge in [0.05, 0.1) is 17.1 Å². The van der Waals surface area contributed by atoms with Gasteiger partial charge in [0.2, 0.25) is 0 Å². The van der Waals surface area contributed by atoms with E-state index in [9.17, 15) is 4.79 Å². The van der Waals surface area contributed by atoms with Crippen LogP contribution in [0.4, 0.5) is 4.79 Å². The number of nitrogens with one attached hydrogen (secondary N) is 1. The summed E-state index contributed by atoms with van der Waals surface area (Å²) in [5.41, 5.74) is 6.05. The van der Waals surface area contributed by atoms with E-state index in [-0.39, 0.29) is 18.0 Å². The third-order valence-electron chi connectivity index (χ3n) is 6.04. The van der Waals surface area contributed by atoms with Gasteiger partial charge in [-0.3, -0.25) is 4.99 Å². The van der Waals surface area contributed by atoms with Crippen molar-refractivity contribution >= 4 is 22.9 Å². The van der Waals surface area contributed by atoms with Crippen molar-refractivity contribution in [2.75, 3.05) is 12.4 Å². The summed E-state index contributed by atoms with van der Waals surface area (Å²) < 4.78 is 5.78. The van der Waals surface area contributed by atoms with E-state index in [0.29, 0.717) is 13.0 Å². The molecule has 3 aromatic rings. The first-order valence-corrected chi connectivity index (χ1v) is 12.0. The maximum atomic E-state index is 12.9. The van der Waals surface area contributed by atoms with E-state index in [1.165, 1.54) is 27.8 Å². The number of nitrogens with zero attached hydrogens (tertiary/aromatic N) is 1. The Kier molecular flexibility index (Phi) is 5.99. The van der Waals surface area contributed by atoms with Crippen molar-refractivity contribution in [3.05, 3.63) is 95.6 Å². The standard InChI is InChI=1S/C27H26N2O2S/c1-18-17-32-26(28-18)25(15-19-9-3-2-4-10-19)29-27(30)31-16-24-22-13-7-5-11-20(22)21-12-6-8-14-23(21)24/h2-14,18,24-25H,15-17H2,1H3,(H,29,30)/t18-,25-/m0/s1. The first-order valence-electron chi connectivity index (χ1n) is 11.0. The van der Waals surface area contributed by atoms with Gasteiger partial charge in [-0.05, 0) is 41.2 Å². The van der Waals surface area contributed by atoms with Crippen LogP contribution in [-0.2, 0) is 11.2 Å². The van der Waals surface area contributed by atoms with Crippen LogP contribution in [0, 0.1) is 0 Å². The highest BCUT2D eigenvalue weighted by Crippen LogP contribution is 2.44. The van der Waals surface area contributed by atoms with E-state index in [2.05, 4.69) is 60.8 Å². The number of rotatable bonds is 6. The van der Waals surface area contributed by atoms with Crippen molar-refractivity contribution in [3.8, 4) is 11.1 Å². The highest BCUT2D eigenvalue weighted by molar-refractivity contribution is 8.14. The van der Waals surface area contributed by atoms with Gasteiger partial charge in [0.15, 0.2) is 0 Å². The number of fused-ring (bicyclic) bond motifs is 3. The van der Waals surface area contributed by atoms with Crippen LogP contribution in [0.3, 0.4) is 0 Å². The summed E-state index contributed by atoms with van der Waals surface area (Å²) in [6, 6.07) is 27.0. The van der Waals surface area contributed by atoms with Gasteiger partial charge in [-0.1, -0.05) is 78.9 Å². The fraction of sp³-hybridized carbons (Fsp3) is 0.259. The van der Waals surface area contributed by atoms with Gasteiger partial charge >= 0.3 is 6.09 Å². The molecule has 1 aliphatic carbocycles. The molecule has 1 aliphatic heterocycles. The average Bonchev–Trinajstić information content (AvgIpc) is 3.39. The van der Waals surface area contributed by atoms with E-state index < -0.39 is 6.09 Å². The van der Waals surface area contributed by atoms with Crippen LogP contribution in [0.5, 0.6) is 0 Å². The van der Waals surface area contributed by atoms with Crippen LogP contribution in [0.2, 0.25) is 0 Å². The maximum Gasteiger partial charge on any atom is 0.407 e. The van der Waals surface area contributed by atoms with Gasteiger partial charge < -0.3 is 10.1 Å². The van der Waals surface area contributed by atoms with Crippen molar-refractivity contribution < 1.29 is 9.53 Å². The highest BCUT2D eigenvalue weighted by Gasteiger charge is 2.30. The fourth-order valence-electron chi connectivity index (χ4n) is 4.52. The Hall–Kier alpha value is -3.05. The Labute approximate surface area is 193 Å². The SMILES string of the molecule is C[C@H]1CSC([C@H](Cc2ccccc2)NC(=O)OCC2c3ccccc3-c3ccccc32)=N1. The Morgan fingerprint density at radius 1 is 1.00 bits per heavy atom. The lowest BCUT2D eigenvalue weighted by Crippen LogP contribution is -2.41. The number of carbonyl (C=O) groups is 1. The number of carbonyl (C=O) groups excluding carboxylic acids is 1. The molecule has 5 heteroatoms. The second-order valence-electron chi connectivity index (χ2n) is 8.34. The van der Waals surface area contributed by atoms with Crippen LogP contribution in [0.15, 0.2) is 83.9 Å². The monoisotopic (exact) mass is 442 g/mol. The van der Waals surface area contributed by atoms with E-state index in [0.717, 1.165) is 10.8 Å². The minimum atomic E-state index is -0.393. The molecule has 32 heavy (non-hydrogen) atoms. The molecule has 0 unspecified atom stereocenters. The molecule has 1 amide bonds.